The number of carboxylic acids is 1. The second-order valence-corrected chi connectivity index (χ2v) is 7.87. The van der Waals surface area contributed by atoms with Gasteiger partial charge in [-0.05, 0) is 17.7 Å². The lowest BCUT2D eigenvalue weighted by Crippen LogP contribution is -2.43. The summed E-state index contributed by atoms with van der Waals surface area (Å²) in [6.45, 7) is 0. The number of carboxylic acid groups (broad SMARTS) is 1. The molecule has 158 valence electrons. The lowest BCUT2D eigenvalue weighted by molar-refractivity contribution is -0.149. The summed E-state index contributed by atoms with van der Waals surface area (Å²) in [7, 11) is 0. The number of hydrogen-bond acceptors (Lipinski definition) is 4. The van der Waals surface area contributed by atoms with Gasteiger partial charge in [0.1, 0.15) is 11.4 Å². The fourth-order valence-corrected chi connectivity index (χ4v) is 4.68. The number of carbonyl (C=O) groups excluding carboxylic acids is 2. The second kappa shape index (κ2) is 8.91. The number of benzene rings is 2. The molecule has 0 bridgehead atoms. The van der Waals surface area contributed by atoms with Gasteiger partial charge in [-0.25, -0.2) is 4.79 Å². The Morgan fingerprint density at radius 2 is 1.73 bits per heavy atom. The molecule has 1 N–H and O–H groups in total. The zero-order valence-corrected chi connectivity index (χ0v) is 16.4. The summed E-state index contributed by atoms with van der Waals surface area (Å²) in [5, 5.41) is 8.61. The number of aliphatic carboxylic acids is 1. The van der Waals surface area contributed by atoms with E-state index in [0.717, 1.165) is 28.8 Å². The minimum atomic E-state index is -4.55. The van der Waals surface area contributed by atoms with Gasteiger partial charge in [0.25, 0.3) is 0 Å². The number of thioether (sulfide) groups is 1. The molecule has 30 heavy (non-hydrogen) atoms. The van der Waals surface area contributed by atoms with E-state index in [1.807, 2.05) is 0 Å². The smallest absolute Gasteiger partial charge is 0.416 e. The molecule has 3 rings (SSSR count). The van der Waals surface area contributed by atoms with Crippen LogP contribution < -0.4 is 0 Å². The van der Waals surface area contributed by atoms with Crippen LogP contribution in [-0.4, -0.2) is 39.5 Å². The van der Waals surface area contributed by atoms with Crippen LogP contribution in [0.25, 0.3) is 0 Å². The van der Waals surface area contributed by atoms with Crippen LogP contribution in [0.15, 0.2) is 54.6 Å². The van der Waals surface area contributed by atoms with Gasteiger partial charge in [0.2, 0.25) is 5.91 Å². The molecule has 0 saturated carbocycles. The zero-order chi connectivity index (χ0) is 21.9. The number of nitrogens with zero attached hydrogens (tertiary/aromatic N) is 1. The highest BCUT2D eigenvalue weighted by Gasteiger charge is 2.43. The SMILES string of the molecule is O=C(CCC(=O)N1C(c2cccc(C(F)(F)F)c2)SC[C@H]1C(=O)O)c1ccccc1. The Bertz CT molecular complexity index is 949. The summed E-state index contributed by atoms with van der Waals surface area (Å²) in [6, 6.07) is 11.7. The minimum Gasteiger partial charge on any atom is -0.480 e. The van der Waals surface area contributed by atoms with E-state index in [0.29, 0.717) is 5.56 Å². The summed E-state index contributed by atoms with van der Waals surface area (Å²) in [5.41, 5.74) is -0.238. The van der Waals surface area contributed by atoms with Crippen LogP contribution in [0.4, 0.5) is 13.2 Å². The van der Waals surface area contributed by atoms with Gasteiger partial charge in [-0.15, -0.1) is 11.8 Å². The van der Waals surface area contributed by atoms with Gasteiger partial charge in [0.15, 0.2) is 5.78 Å². The molecule has 2 atom stereocenters. The first-order valence-electron chi connectivity index (χ1n) is 9.09. The summed E-state index contributed by atoms with van der Waals surface area (Å²) >= 11 is 1.09. The Morgan fingerprint density at radius 1 is 1.03 bits per heavy atom. The minimum absolute atomic E-state index is 0.0502. The largest absolute Gasteiger partial charge is 0.480 e. The van der Waals surface area contributed by atoms with Gasteiger partial charge in [-0.1, -0.05) is 42.5 Å². The molecule has 1 aliphatic rings. The normalized spacial score (nSPS) is 19.0. The third-order valence-electron chi connectivity index (χ3n) is 4.73. The highest BCUT2D eigenvalue weighted by Crippen LogP contribution is 2.43. The molecule has 2 aromatic rings. The van der Waals surface area contributed by atoms with Crippen molar-refractivity contribution in [3.05, 3.63) is 71.3 Å². The number of Topliss-reactive ketones (excluding diaryl/α,β-unsaturated/α-hetero) is 1. The molecule has 0 radical (unpaired) electrons. The lowest BCUT2D eigenvalue weighted by Gasteiger charge is -2.28. The van der Waals surface area contributed by atoms with Gasteiger partial charge in [0.05, 0.1) is 5.56 Å². The van der Waals surface area contributed by atoms with Crippen molar-refractivity contribution in [3.8, 4) is 0 Å². The molecule has 9 heteroatoms. The first kappa shape index (κ1) is 21.9. The molecular formula is C21H18F3NO4S. The third-order valence-corrected chi connectivity index (χ3v) is 6.06. The number of alkyl halides is 3. The lowest BCUT2D eigenvalue weighted by atomic mass is 10.1. The number of hydrogen-bond donors (Lipinski definition) is 1. The molecule has 1 amide bonds. The Hall–Kier alpha value is -2.81. The number of amides is 1. The van der Waals surface area contributed by atoms with Crippen molar-refractivity contribution in [2.24, 2.45) is 0 Å². The monoisotopic (exact) mass is 437 g/mol. The van der Waals surface area contributed by atoms with E-state index in [1.54, 1.807) is 30.3 Å². The summed E-state index contributed by atoms with van der Waals surface area (Å²) < 4.78 is 39.2. The molecule has 0 aliphatic carbocycles. The van der Waals surface area contributed by atoms with Crippen LogP contribution in [0.2, 0.25) is 0 Å². The van der Waals surface area contributed by atoms with E-state index < -0.39 is 35.0 Å². The Labute approximate surface area is 174 Å². The predicted molar refractivity (Wildman–Crippen MR) is 105 cm³/mol. The summed E-state index contributed by atoms with van der Waals surface area (Å²) in [6.07, 6.45) is -4.90. The topological polar surface area (TPSA) is 74.7 Å². The number of carbonyl (C=O) groups is 3. The fourth-order valence-electron chi connectivity index (χ4n) is 3.24. The fraction of sp³-hybridized carbons (Fsp3) is 0.286. The predicted octanol–water partition coefficient (Wildman–Crippen LogP) is 4.40. The average Bonchev–Trinajstić information content (AvgIpc) is 3.17. The molecule has 1 heterocycles. The second-order valence-electron chi connectivity index (χ2n) is 6.75. The molecule has 0 aromatic heterocycles. The van der Waals surface area contributed by atoms with Crippen LogP contribution in [0.5, 0.6) is 0 Å². The van der Waals surface area contributed by atoms with Gasteiger partial charge < -0.3 is 10.0 Å². The van der Waals surface area contributed by atoms with Crippen molar-refractivity contribution in [1.82, 2.24) is 4.90 Å². The van der Waals surface area contributed by atoms with Crippen molar-refractivity contribution in [2.75, 3.05) is 5.75 Å². The van der Waals surface area contributed by atoms with Crippen molar-refractivity contribution in [1.29, 1.82) is 0 Å². The van der Waals surface area contributed by atoms with Crippen LogP contribution in [0, 0.1) is 0 Å². The van der Waals surface area contributed by atoms with E-state index in [2.05, 4.69) is 0 Å². The molecule has 0 spiro atoms. The number of rotatable bonds is 6. The highest BCUT2D eigenvalue weighted by atomic mass is 32.2. The van der Waals surface area contributed by atoms with Crippen LogP contribution in [0.3, 0.4) is 0 Å². The molecule has 2 aromatic carbocycles. The van der Waals surface area contributed by atoms with Crippen LogP contribution >= 0.6 is 11.8 Å². The maximum Gasteiger partial charge on any atom is 0.416 e. The van der Waals surface area contributed by atoms with Crippen molar-refractivity contribution >= 4 is 29.4 Å². The summed E-state index contributed by atoms with van der Waals surface area (Å²) in [5.74, 6) is -2.04. The molecular weight excluding hydrogens is 419 g/mol. The zero-order valence-electron chi connectivity index (χ0n) is 15.6. The van der Waals surface area contributed by atoms with Crippen molar-refractivity contribution in [2.45, 2.75) is 30.4 Å². The van der Waals surface area contributed by atoms with E-state index in [9.17, 15) is 32.7 Å². The van der Waals surface area contributed by atoms with Gasteiger partial charge in [-0.2, -0.15) is 13.2 Å². The van der Waals surface area contributed by atoms with Crippen LogP contribution in [0.1, 0.15) is 39.7 Å². The highest BCUT2D eigenvalue weighted by molar-refractivity contribution is 7.99. The van der Waals surface area contributed by atoms with E-state index >= 15 is 0 Å². The number of halogens is 3. The number of ketones is 1. The molecule has 1 unspecified atom stereocenters. The van der Waals surface area contributed by atoms with E-state index in [1.165, 1.54) is 12.1 Å². The molecule has 1 aliphatic heterocycles. The first-order valence-corrected chi connectivity index (χ1v) is 10.1. The molecule has 5 nitrogen and oxygen atoms in total. The van der Waals surface area contributed by atoms with Crippen LogP contribution in [-0.2, 0) is 15.8 Å². The maximum absolute atomic E-state index is 13.1. The quantitative estimate of drug-likeness (QED) is 0.679. The van der Waals surface area contributed by atoms with E-state index in [-0.39, 0.29) is 29.9 Å². The maximum atomic E-state index is 13.1. The van der Waals surface area contributed by atoms with Gasteiger partial charge in [-0.3, -0.25) is 9.59 Å². The van der Waals surface area contributed by atoms with Gasteiger partial charge in [0, 0.05) is 24.2 Å². The van der Waals surface area contributed by atoms with E-state index in [4.69, 9.17) is 0 Å². The van der Waals surface area contributed by atoms with Crippen molar-refractivity contribution in [3.63, 3.8) is 0 Å². The van der Waals surface area contributed by atoms with Crippen molar-refractivity contribution < 1.29 is 32.7 Å². The first-order chi connectivity index (χ1) is 14.2. The Kier molecular flexibility index (Phi) is 6.50. The Morgan fingerprint density at radius 3 is 2.37 bits per heavy atom. The summed E-state index contributed by atoms with van der Waals surface area (Å²) in [4.78, 5) is 37.8. The van der Waals surface area contributed by atoms with Gasteiger partial charge >= 0.3 is 12.1 Å². The standard InChI is InChI=1S/C21H18F3NO4S/c22-21(23,24)15-8-4-7-14(11-15)19-25(16(12-30-19)20(28)29)18(27)10-9-17(26)13-5-2-1-3-6-13/h1-8,11,16,19H,9-10,12H2,(H,28,29)/t16-,19?/m0/s1. The molecule has 1 saturated heterocycles. The third kappa shape index (κ3) is 4.84. The molecule has 1 fully saturated rings. The average molecular weight is 437 g/mol. The Balaban J connectivity index is 1.80.